The Labute approximate surface area is 101 Å². The van der Waals surface area contributed by atoms with Crippen LogP contribution in [0, 0.1) is 0 Å². The third-order valence-electron chi connectivity index (χ3n) is 3.18. The molecule has 0 spiro atoms. The van der Waals surface area contributed by atoms with Crippen LogP contribution < -0.4 is 5.32 Å². The van der Waals surface area contributed by atoms with Crippen molar-refractivity contribution in [3.8, 4) is 0 Å². The molecule has 1 fully saturated rings. The van der Waals surface area contributed by atoms with Gasteiger partial charge in [-0.25, -0.2) is 0 Å². The molecule has 0 bridgehead atoms. The van der Waals surface area contributed by atoms with Crippen molar-refractivity contribution in [2.75, 3.05) is 13.2 Å². The van der Waals surface area contributed by atoms with Crippen molar-refractivity contribution in [2.24, 2.45) is 0 Å². The molecule has 96 valence electrons. The number of hydrogen-bond donors (Lipinski definition) is 1. The van der Waals surface area contributed by atoms with E-state index in [4.69, 9.17) is 4.74 Å². The fourth-order valence-corrected chi connectivity index (χ4v) is 1.95. The average molecular weight is 227 g/mol. The molecule has 1 atom stereocenters. The molecule has 2 nitrogen and oxygen atoms in total. The van der Waals surface area contributed by atoms with Crippen molar-refractivity contribution in [3.63, 3.8) is 0 Å². The number of unbranched alkanes of at least 4 members (excludes halogenated alkanes) is 3. The highest BCUT2D eigenvalue weighted by molar-refractivity contribution is 4.80. The number of nitrogens with one attached hydrogen (secondary N) is 1. The van der Waals surface area contributed by atoms with Gasteiger partial charge in [0, 0.05) is 12.6 Å². The van der Waals surface area contributed by atoms with Gasteiger partial charge in [-0.3, -0.25) is 0 Å². The average Bonchev–Trinajstić information content (AvgIpc) is 3.06. The maximum absolute atomic E-state index is 5.72. The summed E-state index contributed by atoms with van der Waals surface area (Å²) in [7, 11) is 0. The molecule has 0 aliphatic heterocycles. The van der Waals surface area contributed by atoms with Crippen LogP contribution in [-0.4, -0.2) is 25.3 Å². The van der Waals surface area contributed by atoms with Crippen molar-refractivity contribution < 1.29 is 4.74 Å². The van der Waals surface area contributed by atoms with E-state index >= 15 is 0 Å². The Balaban J connectivity index is 1.70. The van der Waals surface area contributed by atoms with Crippen LogP contribution in [0.1, 0.15) is 65.2 Å². The lowest BCUT2D eigenvalue weighted by Gasteiger charge is -2.11. The maximum Gasteiger partial charge on any atom is 0.0546 e. The minimum Gasteiger partial charge on any atom is -0.379 e. The Morgan fingerprint density at radius 1 is 1.19 bits per heavy atom. The highest BCUT2D eigenvalue weighted by Gasteiger charge is 2.19. The summed E-state index contributed by atoms with van der Waals surface area (Å²) < 4.78 is 5.72. The number of rotatable bonds is 11. The standard InChI is InChI=1S/C14H29NO/c1-3-8-13(2)16-12-7-5-4-6-11-15-14-9-10-14/h13-15H,3-12H2,1-2H3. The van der Waals surface area contributed by atoms with E-state index in [1.807, 2.05) is 0 Å². The number of ether oxygens (including phenoxy) is 1. The van der Waals surface area contributed by atoms with Crippen molar-refractivity contribution in [1.82, 2.24) is 5.32 Å². The van der Waals surface area contributed by atoms with Crippen LogP contribution in [0.3, 0.4) is 0 Å². The second kappa shape index (κ2) is 9.00. The van der Waals surface area contributed by atoms with Crippen LogP contribution in [0.15, 0.2) is 0 Å². The summed E-state index contributed by atoms with van der Waals surface area (Å²) in [5.74, 6) is 0. The minimum absolute atomic E-state index is 0.460. The van der Waals surface area contributed by atoms with E-state index in [9.17, 15) is 0 Å². The predicted molar refractivity (Wildman–Crippen MR) is 69.8 cm³/mol. The summed E-state index contributed by atoms with van der Waals surface area (Å²) in [6.07, 6.45) is 10.9. The molecule has 2 heteroatoms. The third-order valence-corrected chi connectivity index (χ3v) is 3.18. The Bertz CT molecular complexity index is 157. The van der Waals surface area contributed by atoms with Gasteiger partial charge in [0.05, 0.1) is 6.10 Å². The maximum atomic E-state index is 5.72. The highest BCUT2D eigenvalue weighted by atomic mass is 16.5. The van der Waals surface area contributed by atoms with Crippen molar-refractivity contribution in [1.29, 1.82) is 0 Å². The Morgan fingerprint density at radius 2 is 1.94 bits per heavy atom. The van der Waals surface area contributed by atoms with Crippen molar-refractivity contribution >= 4 is 0 Å². The molecular formula is C14H29NO. The molecule has 1 aliphatic carbocycles. The fourth-order valence-electron chi connectivity index (χ4n) is 1.95. The smallest absolute Gasteiger partial charge is 0.0546 e. The summed E-state index contributed by atoms with van der Waals surface area (Å²) in [5.41, 5.74) is 0. The molecule has 1 rings (SSSR count). The molecule has 1 unspecified atom stereocenters. The molecule has 0 aromatic rings. The van der Waals surface area contributed by atoms with Gasteiger partial charge in [0.2, 0.25) is 0 Å². The molecule has 1 saturated carbocycles. The molecule has 1 aliphatic rings. The Hall–Kier alpha value is -0.0800. The van der Waals surface area contributed by atoms with E-state index in [1.165, 1.54) is 57.9 Å². The third kappa shape index (κ3) is 8.12. The molecule has 16 heavy (non-hydrogen) atoms. The van der Waals surface area contributed by atoms with Crippen LogP contribution >= 0.6 is 0 Å². The molecule has 0 radical (unpaired) electrons. The first-order chi connectivity index (χ1) is 7.83. The van der Waals surface area contributed by atoms with Gasteiger partial charge in [0.25, 0.3) is 0 Å². The van der Waals surface area contributed by atoms with Gasteiger partial charge in [-0.05, 0) is 45.6 Å². The summed E-state index contributed by atoms with van der Waals surface area (Å²) in [4.78, 5) is 0. The lowest BCUT2D eigenvalue weighted by atomic mass is 10.2. The van der Waals surface area contributed by atoms with Gasteiger partial charge < -0.3 is 10.1 Å². The minimum atomic E-state index is 0.460. The summed E-state index contributed by atoms with van der Waals surface area (Å²) in [6, 6.07) is 0.873. The first kappa shape index (κ1) is 14.0. The Kier molecular flexibility index (Phi) is 7.87. The topological polar surface area (TPSA) is 21.3 Å². The zero-order valence-corrected chi connectivity index (χ0v) is 11.1. The largest absolute Gasteiger partial charge is 0.379 e. The molecule has 0 heterocycles. The normalized spacial score (nSPS) is 17.6. The van der Waals surface area contributed by atoms with Gasteiger partial charge in [0.1, 0.15) is 0 Å². The van der Waals surface area contributed by atoms with Gasteiger partial charge >= 0.3 is 0 Å². The first-order valence-corrected chi connectivity index (χ1v) is 7.18. The second-order valence-corrected chi connectivity index (χ2v) is 5.11. The van der Waals surface area contributed by atoms with E-state index < -0.39 is 0 Å². The van der Waals surface area contributed by atoms with Crippen LogP contribution in [0.5, 0.6) is 0 Å². The SMILES string of the molecule is CCCC(C)OCCCCCCNC1CC1. The highest BCUT2D eigenvalue weighted by Crippen LogP contribution is 2.18. The second-order valence-electron chi connectivity index (χ2n) is 5.11. The lowest BCUT2D eigenvalue weighted by Crippen LogP contribution is -2.17. The molecule has 1 N–H and O–H groups in total. The Morgan fingerprint density at radius 3 is 2.62 bits per heavy atom. The summed E-state index contributed by atoms with van der Waals surface area (Å²) >= 11 is 0. The van der Waals surface area contributed by atoms with E-state index in [-0.39, 0.29) is 0 Å². The van der Waals surface area contributed by atoms with Crippen LogP contribution in [0.2, 0.25) is 0 Å². The van der Waals surface area contributed by atoms with E-state index in [0.717, 1.165) is 12.6 Å². The fraction of sp³-hybridized carbons (Fsp3) is 1.00. The summed E-state index contributed by atoms with van der Waals surface area (Å²) in [6.45, 7) is 6.57. The molecule has 0 aromatic carbocycles. The zero-order chi connectivity index (χ0) is 11.6. The first-order valence-electron chi connectivity index (χ1n) is 7.18. The lowest BCUT2D eigenvalue weighted by molar-refractivity contribution is 0.0570. The van der Waals surface area contributed by atoms with Crippen LogP contribution in [0.25, 0.3) is 0 Å². The zero-order valence-electron chi connectivity index (χ0n) is 11.1. The van der Waals surface area contributed by atoms with Gasteiger partial charge in [-0.2, -0.15) is 0 Å². The van der Waals surface area contributed by atoms with Gasteiger partial charge in [-0.15, -0.1) is 0 Å². The monoisotopic (exact) mass is 227 g/mol. The predicted octanol–water partition coefficient (Wildman–Crippen LogP) is 3.50. The van der Waals surface area contributed by atoms with Crippen LogP contribution in [-0.2, 0) is 4.74 Å². The van der Waals surface area contributed by atoms with E-state index in [1.54, 1.807) is 0 Å². The molecule has 0 amide bonds. The van der Waals surface area contributed by atoms with Crippen molar-refractivity contribution in [2.45, 2.75) is 77.4 Å². The van der Waals surface area contributed by atoms with E-state index in [2.05, 4.69) is 19.2 Å². The number of hydrogen-bond acceptors (Lipinski definition) is 2. The van der Waals surface area contributed by atoms with Gasteiger partial charge in [-0.1, -0.05) is 26.2 Å². The molecule has 0 aromatic heterocycles. The van der Waals surface area contributed by atoms with Crippen molar-refractivity contribution in [3.05, 3.63) is 0 Å². The van der Waals surface area contributed by atoms with E-state index in [0.29, 0.717) is 6.10 Å². The molecule has 0 saturated heterocycles. The quantitative estimate of drug-likeness (QED) is 0.545. The van der Waals surface area contributed by atoms with Gasteiger partial charge in [0.15, 0.2) is 0 Å². The summed E-state index contributed by atoms with van der Waals surface area (Å²) in [5, 5.41) is 3.55. The molecular weight excluding hydrogens is 198 g/mol. The van der Waals surface area contributed by atoms with Crippen LogP contribution in [0.4, 0.5) is 0 Å².